The summed E-state index contributed by atoms with van der Waals surface area (Å²) in [6.45, 7) is 16.6. The Bertz CT molecular complexity index is 3000. The second-order valence-electron chi connectivity index (χ2n) is 18.3. The largest absolute Gasteiger partial charge is 0.0616 e. The molecule has 0 unspecified atom stereocenters. The SMILES string of the molecule is Cc1ccc2c(c1)C(C)(C)c1cc(-c3ccc4c(c3)C(C)(C)c3cc(-c5ccc6c(c5)C(C)(C)c5cc(-c7ccc8ccccc8c7)ccc5-6)ccc3-4)ccc1-2. The minimum atomic E-state index is -0.119. The molecule has 0 fully saturated rings. The Balaban J connectivity index is 0.922. The van der Waals surface area contributed by atoms with E-state index < -0.39 is 0 Å². The van der Waals surface area contributed by atoms with Gasteiger partial charge in [0.2, 0.25) is 0 Å². The zero-order valence-electron chi connectivity index (χ0n) is 33.4. The minimum absolute atomic E-state index is 0.0221. The van der Waals surface area contributed by atoms with E-state index in [2.05, 4.69) is 200 Å². The molecule has 0 saturated carbocycles. The van der Waals surface area contributed by atoms with Gasteiger partial charge in [-0.3, -0.25) is 0 Å². The van der Waals surface area contributed by atoms with Crippen molar-refractivity contribution in [3.8, 4) is 66.8 Å². The molecule has 3 aliphatic rings. The average molecular weight is 719 g/mol. The molecule has 0 saturated heterocycles. The van der Waals surface area contributed by atoms with Crippen LogP contribution in [0.15, 0.2) is 152 Å². The smallest absolute Gasteiger partial charge is 0.0159 e. The lowest BCUT2D eigenvalue weighted by molar-refractivity contribution is 0.659. The van der Waals surface area contributed by atoms with Crippen molar-refractivity contribution in [1.29, 1.82) is 0 Å². The van der Waals surface area contributed by atoms with Crippen LogP contribution in [0.4, 0.5) is 0 Å². The molecular weight excluding hydrogens is 673 g/mol. The molecule has 8 aromatic carbocycles. The fraction of sp³-hybridized carbons (Fsp3) is 0.179. The van der Waals surface area contributed by atoms with Crippen molar-refractivity contribution in [1.82, 2.24) is 0 Å². The molecule has 0 atom stereocenters. The molecule has 11 rings (SSSR count). The van der Waals surface area contributed by atoms with Crippen molar-refractivity contribution in [2.75, 3.05) is 0 Å². The molecule has 0 aromatic heterocycles. The second-order valence-corrected chi connectivity index (χ2v) is 18.3. The molecule has 56 heavy (non-hydrogen) atoms. The molecule has 0 bridgehead atoms. The Hall–Kier alpha value is -5.98. The third-order valence-electron chi connectivity index (χ3n) is 13.9. The van der Waals surface area contributed by atoms with Crippen LogP contribution in [-0.4, -0.2) is 0 Å². The van der Waals surface area contributed by atoms with E-state index in [1.807, 2.05) is 0 Å². The fourth-order valence-corrected chi connectivity index (χ4v) is 10.6. The van der Waals surface area contributed by atoms with Gasteiger partial charge in [-0.05, 0) is 154 Å². The first-order chi connectivity index (χ1) is 26.9. The highest BCUT2D eigenvalue weighted by molar-refractivity contribution is 5.91. The summed E-state index contributed by atoms with van der Waals surface area (Å²) >= 11 is 0. The van der Waals surface area contributed by atoms with E-state index in [0.29, 0.717) is 0 Å². The first kappa shape index (κ1) is 33.4. The van der Waals surface area contributed by atoms with Crippen LogP contribution >= 0.6 is 0 Å². The molecule has 8 aromatic rings. The van der Waals surface area contributed by atoms with Crippen LogP contribution in [-0.2, 0) is 16.2 Å². The van der Waals surface area contributed by atoms with Gasteiger partial charge in [0.25, 0.3) is 0 Å². The number of rotatable bonds is 3. The topological polar surface area (TPSA) is 0 Å². The Labute approximate surface area is 331 Å². The lowest BCUT2D eigenvalue weighted by atomic mass is 9.79. The van der Waals surface area contributed by atoms with Gasteiger partial charge in [0.05, 0.1) is 0 Å². The van der Waals surface area contributed by atoms with E-state index in [4.69, 9.17) is 0 Å². The van der Waals surface area contributed by atoms with Gasteiger partial charge in [-0.25, -0.2) is 0 Å². The summed E-state index contributed by atoms with van der Waals surface area (Å²) in [7, 11) is 0. The van der Waals surface area contributed by atoms with Crippen molar-refractivity contribution in [2.45, 2.75) is 64.7 Å². The molecule has 0 heteroatoms. The second kappa shape index (κ2) is 11.3. The van der Waals surface area contributed by atoms with Crippen LogP contribution in [0.25, 0.3) is 77.5 Å². The Morgan fingerprint density at radius 3 is 0.929 bits per heavy atom. The summed E-state index contributed by atoms with van der Waals surface area (Å²) in [6.07, 6.45) is 0. The predicted molar refractivity (Wildman–Crippen MR) is 238 cm³/mol. The van der Waals surface area contributed by atoms with Gasteiger partial charge in [-0.15, -0.1) is 0 Å². The quantitative estimate of drug-likeness (QED) is 0.171. The number of hydrogen-bond donors (Lipinski definition) is 0. The summed E-state index contributed by atoms with van der Waals surface area (Å²) < 4.78 is 0. The van der Waals surface area contributed by atoms with Gasteiger partial charge >= 0.3 is 0 Å². The minimum Gasteiger partial charge on any atom is -0.0616 e. The first-order valence-electron chi connectivity index (χ1n) is 20.2. The van der Waals surface area contributed by atoms with Crippen LogP contribution in [0, 0.1) is 6.92 Å². The van der Waals surface area contributed by atoms with Crippen LogP contribution in [0.1, 0.15) is 80.5 Å². The molecule has 0 aliphatic heterocycles. The molecule has 0 amide bonds. The normalized spacial score (nSPS) is 15.8. The molecule has 270 valence electrons. The van der Waals surface area contributed by atoms with Gasteiger partial charge in [0.1, 0.15) is 0 Å². The average Bonchev–Trinajstić information content (AvgIpc) is 3.68. The van der Waals surface area contributed by atoms with Gasteiger partial charge in [0, 0.05) is 16.2 Å². The third-order valence-corrected chi connectivity index (χ3v) is 13.9. The Kier molecular flexibility index (Phi) is 6.73. The van der Waals surface area contributed by atoms with Gasteiger partial charge in [0.15, 0.2) is 0 Å². The van der Waals surface area contributed by atoms with E-state index in [0.717, 1.165) is 0 Å². The van der Waals surface area contributed by atoms with Crippen molar-refractivity contribution in [2.24, 2.45) is 0 Å². The molecule has 0 radical (unpaired) electrons. The van der Waals surface area contributed by atoms with Crippen molar-refractivity contribution < 1.29 is 0 Å². The fourth-order valence-electron chi connectivity index (χ4n) is 10.6. The van der Waals surface area contributed by atoms with E-state index >= 15 is 0 Å². The van der Waals surface area contributed by atoms with E-state index in [1.165, 1.54) is 116 Å². The maximum absolute atomic E-state index is 2.47. The lowest BCUT2D eigenvalue weighted by Crippen LogP contribution is -2.16. The van der Waals surface area contributed by atoms with Gasteiger partial charge in [-0.1, -0.05) is 162 Å². The highest BCUT2D eigenvalue weighted by Gasteiger charge is 2.39. The first-order valence-corrected chi connectivity index (χ1v) is 20.2. The number of aryl methyl sites for hydroxylation is 1. The Morgan fingerprint density at radius 1 is 0.268 bits per heavy atom. The Morgan fingerprint density at radius 2 is 0.554 bits per heavy atom. The number of hydrogen-bond acceptors (Lipinski definition) is 0. The van der Waals surface area contributed by atoms with Crippen molar-refractivity contribution in [3.63, 3.8) is 0 Å². The maximum atomic E-state index is 2.47. The third kappa shape index (κ3) is 4.59. The predicted octanol–water partition coefficient (Wildman–Crippen LogP) is 15.1. The van der Waals surface area contributed by atoms with Crippen molar-refractivity contribution in [3.05, 3.63) is 191 Å². The van der Waals surface area contributed by atoms with Crippen LogP contribution in [0.5, 0.6) is 0 Å². The van der Waals surface area contributed by atoms with Crippen LogP contribution in [0.2, 0.25) is 0 Å². The molecule has 0 spiro atoms. The highest BCUT2D eigenvalue weighted by Crippen LogP contribution is 2.54. The molecular formula is C56H46. The van der Waals surface area contributed by atoms with Crippen LogP contribution < -0.4 is 0 Å². The molecule has 0 nitrogen and oxygen atoms in total. The summed E-state index contributed by atoms with van der Waals surface area (Å²) in [5, 5.41) is 2.56. The molecule has 3 aliphatic carbocycles. The van der Waals surface area contributed by atoms with Gasteiger partial charge < -0.3 is 0 Å². The van der Waals surface area contributed by atoms with E-state index in [1.54, 1.807) is 0 Å². The maximum Gasteiger partial charge on any atom is 0.0159 e. The zero-order valence-corrected chi connectivity index (χ0v) is 33.4. The number of fused-ring (bicyclic) bond motifs is 10. The van der Waals surface area contributed by atoms with E-state index in [9.17, 15) is 0 Å². The summed E-state index contributed by atoms with van der Waals surface area (Å²) in [4.78, 5) is 0. The van der Waals surface area contributed by atoms with Crippen LogP contribution in [0.3, 0.4) is 0 Å². The van der Waals surface area contributed by atoms with Crippen molar-refractivity contribution >= 4 is 10.8 Å². The summed E-state index contributed by atoms with van der Waals surface area (Å²) in [5.74, 6) is 0. The monoisotopic (exact) mass is 718 g/mol. The highest BCUT2D eigenvalue weighted by atomic mass is 14.4. The summed E-state index contributed by atoms with van der Waals surface area (Å²) in [6, 6.07) is 58.2. The standard InChI is InChI=1S/C56H46/c1-33-12-20-42-43-22-16-38(29-49(43)54(2,3)48(42)26-33)39-17-24-46-47-25-19-41(32-53(47)56(6,7)52(46)30-39)40-18-23-45-44-21-15-37(28-50(44)55(4,5)51(45)31-40)36-14-13-34-10-8-9-11-35(34)27-36/h8-32H,1-7H3. The lowest BCUT2D eigenvalue weighted by Gasteiger charge is -2.24. The summed E-state index contributed by atoms with van der Waals surface area (Å²) in [5.41, 5.74) is 25.5. The zero-order chi connectivity index (χ0) is 38.3. The molecule has 0 N–H and O–H groups in total. The number of benzene rings is 8. The molecule has 0 heterocycles. The van der Waals surface area contributed by atoms with E-state index in [-0.39, 0.29) is 16.2 Å². The van der Waals surface area contributed by atoms with Gasteiger partial charge in [-0.2, -0.15) is 0 Å².